The van der Waals surface area contributed by atoms with Gasteiger partial charge in [-0.15, -0.1) is 11.3 Å². The summed E-state index contributed by atoms with van der Waals surface area (Å²) in [6.45, 7) is 1.38. The lowest BCUT2D eigenvalue weighted by Crippen LogP contribution is -2.14. The molecule has 0 aliphatic heterocycles. The number of carbonyl (C=O) groups excluding carboxylic acids is 2. The second-order valence-electron chi connectivity index (χ2n) is 5.20. The third kappa shape index (κ3) is 4.27. The molecule has 7 heteroatoms. The zero-order chi connectivity index (χ0) is 17.6. The van der Waals surface area contributed by atoms with Crippen molar-refractivity contribution >= 4 is 28.3 Å². The highest BCUT2D eigenvalue weighted by Gasteiger charge is 2.22. The maximum absolute atomic E-state index is 12.5. The number of benzene rings is 1. The fourth-order valence-corrected chi connectivity index (χ4v) is 2.96. The van der Waals surface area contributed by atoms with Crippen LogP contribution in [-0.4, -0.2) is 21.8 Å². The molecule has 6 nitrogen and oxygen atoms in total. The molecule has 3 aromatic rings. The molecular formula is C18H15N3O3S. The van der Waals surface area contributed by atoms with Gasteiger partial charge in [0.1, 0.15) is 0 Å². The highest BCUT2D eigenvalue weighted by Crippen LogP contribution is 2.27. The van der Waals surface area contributed by atoms with Gasteiger partial charge in [0.15, 0.2) is 16.9 Å². The lowest BCUT2D eigenvalue weighted by atomic mass is 10.0. The fraction of sp³-hybridized carbons (Fsp3) is 0.111. The van der Waals surface area contributed by atoms with E-state index in [0.29, 0.717) is 5.13 Å². The molecule has 2 heterocycles. The van der Waals surface area contributed by atoms with Crippen LogP contribution in [0.5, 0.6) is 0 Å². The summed E-state index contributed by atoms with van der Waals surface area (Å²) in [5.74, 6) is -0.799. The van der Waals surface area contributed by atoms with E-state index in [1.54, 1.807) is 29.9 Å². The molecule has 0 bridgehead atoms. The van der Waals surface area contributed by atoms with Crippen LogP contribution < -0.4 is 5.32 Å². The van der Waals surface area contributed by atoms with E-state index in [1.165, 1.54) is 18.3 Å². The topological polar surface area (TPSA) is 81.2 Å². The average molecular weight is 353 g/mol. The van der Waals surface area contributed by atoms with E-state index >= 15 is 0 Å². The highest BCUT2D eigenvalue weighted by atomic mass is 32.1. The number of carbonyl (C=O) groups is 2. The largest absolute Gasteiger partial charge is 0.448 e. The number of hydrogen-bond donors (Lipinski definition) is 1. The second-order valence-corrected chi connectivity index (χ2v) is 6.05. The first kappa shape index (κ1) is 16.8. The Morgan fingerprint density at radius 3 is 2.44 bits per heavy atom. The normalized spacial score (nSPS) is 11.6. The maximum atomic E-state index is 12.5. The number of anilines is 1. The molecular weight excluding hydrogens is 338 g/mol. The first-order chi connectivity index (χ1) is 12.1. The standard InChI is InChI=1S/C18H15N3O3S/c1-12(22)20-18-21-15(11-25-18)17(23)24-16(13-5-3-2-4-6-13)14-7-9-19-10-8-14/h2-11,16H,1H3,(H,20,21,22). The van der Waals surface area contributed by atoms with Crippen molar-refractivity contribution in [2.45, 2.75) is 13.0 Å². The summed E-state index contributed by atoms with van der Waals surface area (Å²) in [4.78, 5) is 31.7. The van der Waals surface area contributed by atoms with E-state index in [9.17, 15) is 9.59 Å². The third-order valence-electron chi connectivity index (χ3n) is 3.33. The van der Waals surface area contributed by atoms with Gasteiger partial charge in [0.25, 0.3) is 0 Å². The van der Waals surface area contributed by atoms with Crippen LogP contribution in [-0.2, 0) is 9.53 Å². The van der Waals surface area contributed by atoms with Crippen molar-refractivity contribution in [3.05, 3.63) is 77.1 Å². The molecule has 1 unspecified atom stereocenters. The number of ether oxygens (including phenoxy) is 1. The van der Waals surface area contributed by atoms with Gasteiger partial charge >= 0.3 is 5.97 Å². The van der Waals surface area contributed by atoms with Gasteiger partial charge in [-0.05, 0) is 17.7 Å². The van der Waals surface area contributed by atoms with Gasteiger partial charge in [-0.3, -0.25) is 9.78 Å². The van der Waals surface area contributed by atoms with E-state index in [1.807, 2.05) is 30.3 Å². The summed E-state index contributed by atoms with van der Waals surface area (Å²) in [5.41, 5.74) is 1.81. The fourth-order valence-electron chi connectivity index (χ4n) is 2.24. The number of rotatable bonds is 5. The Kier molecular flexibility index (Phi) is 5.15. The Hall–Kier alpha value is -3.06. The zero-order valence-electron chi connectivity index (χ0n) is 13.4. The molecule has 0 saturated heterocycles. The van der Waals surface area contributed by atoms with Gasteiger partial charge in [0.2, 0.25) is 5.91 Å². The van der Waals surface area contributed by atoms with Gasteiger partial charge in [-0.1, -0.05) is 30.3 Å². The molecule has 0 aliphatic carbocycles. The molecule has 0 fully saturated rings. The highest BCUT2D eigenvalue weighted by molar-refractivity contribution is 7.14. The first-order valence-electron chi connectivity index (χ1n) is 7.52. The molecule has 0 radical (unpaired) electrons. The van der Waals surface area contributed by atoms with Gasteiger partial charge in [-0.25, -0.2) is 9.78 Å². The Bertz CT molecular complexity index is 826. The van der Waals surface area contributed by atoms with Gasteiger partial charge in [-0.2, -0.15) is 0 Å². The van der Waals surface area contributed by atoms with Crippen LogP contribution in [0.3, 0.4) is 0 Å². The first-order valence-corrected chi connectivity index (χ1v) is 8.40. The van der Waals surface area contributed by atoms with E-state index in [2.05, 4.69) is 15.3 Å². The minimum Gasteiger partial charge on any atom is -0.448 e. The molecule has 0 aliphatic rings. The van der Waals surface area contributed by atoms with E-state index < -0.39 is 12.1 Å². The number of pyridine rings is 1. The van der Waals surface area contributed by atoms with Crippen LogP contribution in [0.15, 0.2) is 60.2 Å². The van der Waals surface area contributed by atoms with Crippen LogP contribution in [0.25, 0.3) is 0 Å². The Balaban J connectivity index is 1.84. The van der Waals surface area contributed by atoms with Crippen molar-refractivity contribution in [2.75, 3.05) is 5.32 Å². The monoisotopic (exact) mass is 353 g/mol. The number of amides is 1. The lowest BCUT2D eigenvalue weighted by molar-refractivity contribution is -0.114. The number of esters is 1. The molecule has 25 heavy (non-hydrogen) atoms. The molecule has 1 amide bonds. The predicted molar refractivity (Wildman–Crippen MR) is 94.4 cm³/mol. The molecule has 1 atom stereocenters. The molecule has 1 aromatic carbocycles. The third-order valence-corrected chi connectivity index (χ3v) is 4.09. The Morgan fingerprint density at radius 2 is 1.76 bits per heavy atom. The Labute approximate surface area is 148 Å². The van der Waals surface area contributed by atoms with Crippen LogP contribution in [0.1, 0.15) is 34.6 Å². The van der Waals surface area contributed by atoms with Crippen LogP contribution in [0, 0.1) is 0 Å². The van der Waals surface area contributed by atoms with Crippen molar-refractivity contribution in [3.63, 3.8) is 0 Å². The minimum atomic E-state index is -0.567. The second kappa shape index (κ2) is 7.67. The molecule has 0 spiro atoms. The molecule has 2 aromatic heterocycles. The Morgan fingerprint density at radius 1 is 1.08 bits per heavy atom. The van der Waals surface area contributed by atoms with Gasteiger partial charge < -0.3 is 10.1 Å². The maximum Gasteiger partial charge on any atom is 0.358 e. The summed E-state index contributed by atoms with van der Waals surface area (Å²) in [7, 11) is 0. The van der Waals surface area contributed by atoms with Gasteiger partial charge in [0.05, 0.1) is 0 Å². The summed E-state index contributed by atoms with van der Waals surface area (Å²) < 4.78 is 5.69. The number of aromatic nitrogens is 2. The average Bonchev–Trinajstić information content (AvgIpc) is 3.09. The zero-order valence-corrected chi connectivity index (χ0v) is 14.2. The molecule has 126 valence electrons. The van der Waals surface area contributed by atoms with E-state index in [4.69, 9.17) is 4.74 Å². The smallest absolute Gasteiger partial charge is 0.358 e. The number of thiazole rings is 1. The lowest BCUT2D eigenvalue weighted by Gasteiger charge is -2.18. The van der Waals surface area contributed by atoms with Crippen molar-refractivity contribution in [2.24, 2.45) is 0 Å². The van der Waals surface area contributed by atoms with E-state index in [0.717, 1.165) is 11.1 Å². The van der Waals surface area contributed by atoms with Crippen molar-refractivity contribution < 1.29 is 14.3 Å². The summed E-state index contributed by atoms with van der Waals surface area (Å²) >= 11 is 1.17. The SMILES string of the molecule is CC(=O)Nc1nc(C(=O)OC(c2ccccc2)c2ccncc2)cs1. The molecule has 1 N–H and O–H groups in total. The van der Waals surface area contributed by atoms with Crippen molar-refractivity contribution in [1.82, 2.24) is 9.97 Å². The summed E-state index contributed by atoms with van der Waals surface area (Å²) in [6.07, 6.45) is 2.73. The van der Waals surface area contributed by atoms with Crippen LogP contribution in [0.4, 0.5) is 5.13 Å². The van der Waals surface area contributed by atoms with Crippen LogP contribution >= 0.6 is 11.3 Å². The van der Waals surface area contributed by atoms with Crippen molar-refractivity contribution in [3.8, 4) is 0 Å². The number of nitrogens with zero attached hydrogens (tertiary/aromatic N) is 2. The summed E-state index contributed by atoms with van der Waals surface area (Å²) in [6, 6.07) is 13.0. The van der Waals surface area contributed by atoms with Crippen molar-refractivity contribution in [1.29, 1.82) is 0 Å². The quantitative estimate of drug-likeness (QED) is 0.711. The van der Waals surface area contributed by atoms with E-state index in [-0.39, 0.29) is 11.6 Å². The number of nitrogens with one attached hydrogen (secondary N) is 1. The number of hydrogen-bond acceptors (Lipinski definition) is 6. The molecule has 0 saturated carbocycles. The summed E-state index contributed by atoms with van der Waals surface area (Å²) in [5, 5.41) is 4.47. The molecule has 3 rings (SSSR count). The van der Waals surface area contributed by atoms with Crippen LogP contribution in [0.2, 0.25) is 0 Å². The van der Waals surface area contributed by atoms with Gasteiger partial charge in [0, 0.05) is 30.3 Å². The predicted octanol–water partition coefficient (Wildman–Crippen LogP) is 3.44. The minimum absolute atomic E-state index is 0.156.